The molecule has 1 aromatic rings. The van der Waals surface area contributed by atoms with Gasteiger partial charge in [-0.05, 0) is 14.0 Å². The van der Waals surface area contributed by atoms with E-state index < -0.39 is 9.84 Å². The molecule has 0 N–H and O–H groups in total. The molecule has 1 unspecified atom stereocenters. The first-order valence-electron chi connectivity index (χ1n) is 8.10. The highest BCUT2D eigenvalue weighted by Gasteiger charge is 2.43. The fourth-order valence-corrected chi connectivity index (χ4v) is 6.09. The lowest BCUT2D eigenvalue weighted by Crippen LogP contribution is -2.56. The Bertz CT molecular complexity index is 927. The fraction of sp³-hybridized carbons (Fsp3) is 0.500. The summed E-state index contributed by atoms with van der Waals surface area (Å²) in [6.45, 7) is 7.93. The molecule has 1 saturated heterocycles. The van der Waals surface area contributed by atoms with E-state index in [2.05, 4.69) is 26.4 Å². The van der Waals surface area contributed by atoms with Crippen LogP contribution in [-0.4, -0.2) is 74.6 Å². The molecule has 4 heterocycles. The molecule has 0 saturated carbocycles. The van der Waals surface area contributed by atoms with Crippen molar-refractivity contribution in [1.29, 1.82) is 0 Å². The number of pyridine rings is 1. The van der Waals surface area contributed by atoms with Gasteiger partial charge in [0, 0.05) is 26.7 Å². The SMILES string of the molecule is C=C1N=C2c3c(nc(C)c(Cl)c3S(=O)(=O)CC3CN(C)CCN23)N1C. The predicted molar refractivity (Wildman–Crippen MR) is 98.1 cm³/mol. The van der Waals surface area contributed by atoms with E-state index in [-0.39, 0.29) is 21.7 Å². The number of hydrogen-bond acceptors (Lipinski definition) is 7. The van der Waals surface area contributed by atoms with E-state index >= 15 is 0 Å². The summed E-state index contributed by atoms with van der Waals surface area (Å²) >= 11 is 6.43. The first-order valence-corrected chi connectivity index (χ1v) is 10.1. The standard InChI is InChI=1S/C16H20ClN5O2S/c1-9-13(17)14-12-15(18-9)21(4)10(2)19-16(12)22-6-5-20(3)7-11(22)8-25(14,23)24/h11H,2,5-8H2,1,3-4H3. The molecule has 7 nitrogen and oxygen atoms in total. The van der Waals surface area contributed by atoms with Crippen LogP contribution in [0.15, 0.2) is 22.3 Å². The number of anilines is 1. The Hall–Kier alpha value is -1.64. The van der Waals surface area contributed by atoms with Crippen molar-refractivity contribution in [3.63, 3.8) is 0 Å². The van der Waals surface area contributed by atoms with Crippen LogP contribution in [-0.2, 0) is 9.84 Å². The Kier molecular flexibility index (Phi) is 3.65. The molecule has 1 aromatic heterocycles. The van der Waals surface area contributed by atoms with Gasteiger partial charge in [0.05, 0.1) is 28.1 Å². The van der Waals surface area contributed by atoms with Gasteiger partial charge in [0.15, 0.2) is 9.84 Å². The van der Waals surface area contributed by atoms with E-state index in [4.69, 9.17) is 11.6 Å². The number of hydrogen-bond donors (Lipinski definition) is 0. The zero-order valence-corrected chi connectivity index (χ0v) is 16.0. The number of halogens is 1. The minimum Gasteiger partial charge on any atom is -0.349 e. The highest BCUT2D eigenvalue weighted by molar-refractivity contribution is 7.91. The van der Waals surface area contributed by atoms with Crippen LogP contribution in [0.4, 0.5) is 5.82 Å². The maximum atomic E-state index is 13.2. The van der Waals surface area contributed by atoms with Gasteiger partial charge in [0.25, 0.3) is 0 Å². The second-order valence-electron chi connectivity index (χ2n) is 6.84. The molecule has 9 heteroatoms. The van der Waals surface area contributed by atoms with Crippen molar-refractivity contribution < 1.29 is 8.42 Å². The third-order valence-corrected chi connectivity index (χ3v) is 7.51. The van der Waals surface area contributed by atoms with Crippen molar-refractivity contribution in [2.24, 2.45) is 4.99 Å². The molecule has 1 fully saturated rings. The number of aryl methyl sites for hydroxylation is 1. The van der Waals surface area contributed by atoms with Crippen molar-refractivity contribution in [3.8, 4) is 0 Å². The quantitative estimate of drug-likeness (QED) is 0.670. The van der Waals surface area contributed by atoms with Gasteiger partial charge in [0.1, 0.15) is 22.4 Å². The summed E-state index contributed by atoms with van der Waals surface area (Å²) in [6.07, 6.45) is 0. The number of aromatic nitrogens is 1. The summed E-state index contributed by atoms with van der Waals surface area (Å²) < 4.78 is 26.4. The molecule has 134 valence electrons. The van der Waals surface area contributed by atoms with Gasteiger partial charge in [-0.1, -0.05) is 18.2 Å². The highest BCUT2D eigenvalue weighted by atomic mass is 35.5. The zero-order valence-electron chi connectivity index (χ0n) is 14.5. The van der Waals surface area contributed by atoms with Gasteiger partial charge in [-0.3, -0.25) is 0 Å². The van der Waals surface area contributed by atoms with Crippen LogP contribution in [0, 0.1) is 6.92 Å². The molecule has 1 atom stereocenters. The number of sulfone groups is 1. The number of fused-ring (bicyclic) bond motifs is 2. The largest absolute Gasteiger partial charge is 0.349 e. The van der Waals surface area contributed by atoms with E-state index in [0.717, 1.165) is 6.54 Å². The monoisotopic (exact) mass is 381 g/mol. The third kappa shape index (κ3) is 2.38. The van der Waals surface area contributed by atoms with E-state index in [1.54, 1.807) is 18.9 Å². The lowest BCUT2D eigenvalue weighted by Gasteiger charge is -2.41. The van der Waals surface area contributed by atoms with Crippen molar-refractivity contribution in [1.82, 2.24) is 14.8 Å². The molecule has 3 aliphatic heterocycles. The summed E-state index contributed by atoms with van der Waals surface area (Å²) in [5.74, 6) is 1.73. The molecule has 0 radical (unpaired) electrons. The molecule has 0 bridgehead atoms. The molecule has 25 heavy (non-hydrogen) atoms. The van der Waals surface area contributed by atoms with Crippen molar-refractivity contribution >= 4 is 33.1 Å². The van der Waals surface area contributed by atoms with E-state index in [0.29, 0.717) is 41.8 Å². The summed E-state index contributed by atoms with van der Waals surface area (Å²) in [5.41, 5.74) is 1.01. The van der Waals surface area contributed by atoms with Gasteiger partial charge in [-0.25, -0.2) is 18.4 Å². The first-order chi connectivity index (χ1) is 11.7. The highest BCUT2D eigenvalue weighted by Crippen LogP contribution is 2.41. The van der Waals surface area contributed by atoms with E-state index in [1.165, 1.54) is 0 Å². The zero-order chi connectivity index (χ0) is 18.1. The fourth-order valence-electron chi connectivity index (χ4n) is 3.73. The number of rotatable bonds is 0. The topological polar surface area (TPSA) is 69.1 Å². The number of aliphatic imine (C=N–C) groups is 1. The molecule has 0 aromatic carbocycles. The average molecular weight is 382 g/mol. The molecule has 0 aliphatic carbocycles. The van der Waals surface area contributed by atoms with Gasteiger partial charge in [-0.15, -0.1) is 0 Å². The maximum absolute atomic E-state index is 13.2. The van der Waals surface area contributed by atoms with Crippen molar-refractivity contribution in [3.05, 3.63) is 28.7 Å². The van der Waals surface area contributed by atoms with Crippen LogP contribution in [0.2, 0.25) is 5.02 Å². The van der Waals surface area contributed by atoms with Crippen LogP contribution >= 0.6 is 11.6 Å². The lowest BCUT2D eigenvalue weighted by molar-refractivity contribution is 0.164. The third-order valence-electron chi connectivity index (χ3n) is 5.09. The maximum Gasteiger partial charge on any atom is 0.182 e. The van der Waals surface area contributed by atoms with E-state index in [1.807, 2.05) is 7.05 Å². The average Bonchev–Trinajstić information content (AvgIpc) is 2.61. The Labute approximate surface area is 152 Å². The molecule has 4 rings (SSSR count). The summed E-state index contributed by atoms with van der Waals surface area (Å²) in [6, 6.07) is -0.171. The molecular weight excluding hydrogens is 362 g/mol. The molecule has 0 amide bonds. The Morgan fingerprint density at radius 1 is 1.28 bits per heavy atom. The van der Waals surface area contributed by atoms with Crippen LogP contribution in [0.5, 0.6) is 0 Å². The lowest BCUT2D eigenvalue weighted by atomic mass is 10.1. The van der Waals surface area contributed by atoms with Gasteiger partial charge in [-0.2, -0.15) is 0 Å². The second kappa shape index (κ2) is 5.43. The molecule has 3 aliphatic rings. The van der Waals surface area contributed by atoms with Gasteiger partial charge >= 0.3 is 0 Å². The predicted octanol–water partition coefficient (Wildman–Crippen LogP) is 1.11. The van der Waals surface area contributed by atoms with Crippen molar-refractivity contribution in [2.45, 2.75) is 17.9 Å². The van der Waals surface area contributed by atoms with Crippen molar-refractivity contribution in [2.75, 3.05) is 44.4 Å². The number of amidine groups is 1. The van der Waals surface area contributed by atoms with Gasteiger partial charge in [0.2, 0.25) is 0 Å². The number of likely N-dealkylation sites (N-methyl/N-ethyl adjacent to an activating group) is 1. The number of piperazine rings is 1. The minimum absolute atomic E-state index is 0.0160. The smallest absolute Gasteiger partial charge is 0.182 e. The summed E-state index contributed by atoms with van der Waals surface area (Å²) in [7, 11) is 0.215. The first kappa shape index (κ1) is 16.8. The van der Waals surface area contributed by atoms with Crippen LogP contribution in [0.1, 0.15) is 11.3 Å². The van der Waals surface area contributed by atoms with Crippen LogP contribution in [0.3, 0.4) is 0 Å². The Morgan fingerprint density at radius 2 is 2.00 bits per heavy atom. The Morgan fingerprint density at radius 3 is 2.72 bits per heavy atom. The Balaban J connectivity index is 2.07. The minimum atomic E-state index is -3.58. The van der Waals surface area contributed by atoms with Gasteiger partial charge < -0.3 is 14.7 Å². The normalized spacial score (nSPS) is 25.2. The van der Waals surface area contributed by atoms with E-state index in [9.17, 15) is 8.42 Å². The summed E-state index contributed by atoms with van der Waals surface area (Å²) in [4.78, 5) is 15.3. The van der Waals surface area contributed by atoms with Crippen LogP contribution in [0.25, 0.3) is 0 Å². The van der Waals surface area contributed by atoms with Crippen LogP contribution < -0.4 is 4.90 Å². The second-order valence-corrected chi connectivity index (χ2v) is 9.19. The number of nitrogens with zero attached hydrogens (tertiary/aromatic N) is 5. The molecular formula is C16H20ClN5O2S. The molecule has 0 spiro atoms. The summed E-state index contributed by atoms with van der Waals surface area (Å²) in [5, 5.41) is 0.195.